The maximum atomic E-state index is 8.68. The van der Waals surface area contributed by atoms with Crippen molar-refractivity contribution in [3.63, 3.8) is 0 Å². The van der Waals surface area contributed by atoms with Gasteiger partial charge in [-0.05, 0) is 18.9 Å². The van der Waals surface area contributed by atoms with Crippen LogP contribution in [0.2, 0.25) is 0 Å². The van der Waals surface area contributed by atoms with Gasteiger partial charge in [-0.25, -0.2) is 4.98 Å². The maximum Gasteiger partial charge on any atom is 0.132 e. The lowest BCUT2D eigenvalue weighted by atomic mass is 10.2. The summed E-state index contributed by atoms with van der Waals surface area (Å²) in [5.41, 5.74) is 1.20. The van der Waals surface area contributed by atoms with E-state index in [0.29, 0.717) is 12.5 Å². The zero-order chi connectivity index (χ0) is 11.4. The second-order valence-corrected chi connectivity index (χ2v) is 4.51. The highest BCUT2D eigenvalue weighted by molar-refractivity contribution is 9.08. The third-order valence-electron chi connectivity index (χ3n) is 2.74. The van der Waals surface area contributed by atoms with Crippen molar-refractivity contribution >= 4 is 21.7 Å². The van der Waals surface area contributed by atoms with Crippen molar-refractivity contribution in [2.24, 2.45) is 0 Å². The molecule has 0 spiro atoms. The van der Waals surface area contributed by atoms with Gasteiger partial charge in [0.1, 0.15) is 5.82 Å². The van der Waals surface area contributed by atoms with Crippen LogP contribution in [0.1, 0.15) is 24.8 Å². The first-order valence-corrected chi connectivity index (χ1v) is 6.62. The molecule has 16 heavy (non-hydrogen) atoms. The van der Waals surface area contributed by atoms with Gasteiger partial charge in [0.15, 0.2) is 0 Å². The zero-order valence-electron chi connectivity index (χ0n) is 9.06. The quantitative estimate of drug-likeness (QED) is 0.779. The minimum absolute atomic E-state index is 0.564. The van der Waals surface area contributed by atoms with E-state index in [1.165, 1.54) is 18.4 Å². The first-order chi connectivity index (χ1) is 7.86. The van der Waals surface area contributed by atoms with Crippen molar-refractivity contribution in [2.45, 2.75) is 30.6 Å². The Balaban J connectivity index is 2.20. The highest BCUT2D eigenvalue weighted by Crippen LogP contribution is 2.32. The second kappa shape index (κ2) is 5.31. The van der Waals surface area contributed by atoms with Gasteiger partial charge in [0.25, 0.3) is 0 Å². The number of hydrogen-bond acceptors (Lipinski definition) is 3. The molecule has 0 amide bonds. The Morgan fingerprint density at radius 1 is 1.56 bits per heavy atom. The summed E-state index contributed by atoms with van der Waals surface area (Å²) in [6.07, 6.45) is 4.84. The molecule has 3 nitrogen and oxygen atoms in total. The van der Waals surface area contributed by atoms with Crippen molar-refractivity contribution in [3.8, 4) is 6.07 Å². The summed E-state index contributed by atoms with van der Waals surface area (Å²) in [5, 5.41) is 9.50. The van der Waals surface area contributed by atoms with Crippen LogP contribution in [0, 0.1) is 11.3 Å². The van der Waals surface area contributed by atoms with Crippen molar-refractivity contribution in [1.82, 2.24) is 4.98 Å². The lowest BCUT2D eigenvalue weighted by Gasteiger charge is -2.24. The molecule has 1 aromatic heterocycles. The molecule has 4 heteroatoms. The van der Waals surface area contributed by atoms with Crippen molar-refractivity contribution in [2.75, 3.05) is 11.4 Å². The van der Waals surface area contributed by atoms with E-state index in [2.05, 4.69) is 37.9 Å². The molecule has 0 atom stereocenters. The Bertz CT molecular complexity index is 395. The molecule has 84 valence electrons. The number of nitriles is 1. The van der Waals surface area contributed by atoms with Gasteiger partial charge in [0.2, 0.25) is 0 Å². The van der Waals surface area contributed by atoms with E-state index in [4.69, 9.17) is 5.26 Å². The predicted molar refractivity (Wildman–Crippen MR) is 67.5 cm³/mol. The highest BCUT2D eigenvalue weighted by atomic mass is 79.9. The van der Waals surface area contributed by atoms with Crippen LogP contribution < -0.4 is 4.90 Å². The Hall–Kier alpha value is -1.08. The number of nitrogens with zero attached hydrogens (tertiary/aromatic N) is 3. The molecule has 0 aromatic carbocycles. The molecule has 1 saturated carbocycles. The van der Waals surface area contributed by atoms with E-state index in [0.717, 1.165) is 17.7 Å². The molecular weight excluding hydrogens is 266 g/mol. The van der Waals surface area contributed by atoms with Gasteiger partial charge in [-0.15, -0.1) is 0 Å². The Morgan fingerprint density at radius 3 is 3.00 bits per heavy atom. The number of aromatic nitrogens is 1. The molecule has 1 aliphatic carbocycles. The van der Waals surface area contributed by atoms with Crippen LogP contribution >= 0.6 is 15.9 Å². The molecule has 1 aromatic rings. The van der Waals surface area contributed by atoms with Crippen molar-refractivity contribution in [3.05, 3.63) is 23.9 Å². The molecule has 0 bridgehead atoms. The molecular formula is C12H14BrN3. The summed E-state index contributed by atoms with van der Waals surface area (Å²) in [6, 6.07) is 6.84. The zero-order valence-corrected chi connectivity index (χ0v) is 10.7. The molecule has 0 aliphatic heterocycles. The van der Waals surface area contributed by atoms with Crippen LogP contribution in [0.5, 0.6) is 0 Å². The van der Waals surface area contributed by atoms with E-state index >= 15 is 0 Å². The van der Waals surface area contributed by atoms with Gasteiger partial charge in [-0.1, -0.05) is 22.0 Å². The third-order valence-corrected chi connectivity index (χ3v) is 3.34. The number of anilines is 1. The van der Waals surface area contributed by atoms with Gasteiger partial charge in [0.05, 0.1) is 12.5 Å². The molecule has 0 N–H and O–H groups in total. The van der Waals surface area contributed by atoms with E-state index in [-0.39, 0.29) is 0 Å². The fourth-order valence-corrected chi connectivity index (χ4v) is 2.25. The summed E-state index contributed by atoms with van der Waals surface area (Å²) >= 11 is 3.48. The second-order valence-electron chi connectivity index (χ2n) is 3.95. The van der Waals surface area contributed by atoms with Crippen LogP contribution in [0.3, 0.4) is 0 Å². The summed E-state index contributed by atoms with van der Waals surface area (Å²) in [4.78, 5) is 6.73. The van der Waals surface area contributed by atoms with E-state index in [9.17, 15) is 0 Å². The van der Waals surface area contributed by atoms with Crippen LogP contribution in [0.15, 0.2) is 18.3 Å². The van der Waals surface area contributed by atoms with Gasteiger partial charge in [0, 0.05) is 29.7 Å². The average molecular weight is 280 g/mol. The van der Waals surface area contributed by atoms with Crippen LogP contribution in [-0.2, 0) is 5.33 Å². The molecule has 0 radical (unpaired) electrons. The standard InChI is InChI=1S/C12H14BrN3/c13-9-10-3-1-7-15-12(10)16(8-2-6-14)11-4-5-11/h1,3,7,11H,2,4-5,8-9H2. The van der Waals surface area contributed by atoms with E-state index in [1.807, 2.05) is 12.3 Å². The van der Waals surface area contributed by atoms with Gasteiger partial charge >= 0.3 is 0 Å². The van der Waals surface area contributed by atoms with Gasteiger partial charge in [-0.3, -0.25) is 0 Å². The Kier molecular flexibility index (Phi) is 3.79. The highest BCUT2D eigenvalue weighted by Gasteiger charge is 2.30. The third kappa shape index (κ3) is 2.53. The average Bonchev–Trinajstić information content (AvgIpc) is 3.14. The number of rotatable bonds is 5. The fourth-order valence-electron chi connectivity index (χ4n) is 1.81. The van der Waals surface area contributed by atoms with E-state index < -0.39 is 0 Å². The summed E-state index contributed by atoms with van der Waals surface area (Å²) in [5.74, 6) is 1.04. The smallest absolute Gasteiger partial charge is 0.132 e. The van der Waals surface area contributed by atoms with Crippen molar-refractivity contribution < 1.29 is 0 Å². The number of pyridine rings is 1. The van der Waals surface area contributed by atoms with Crippen LogP contribution in [-0.4, -0.2) is 17.6 Å². The minimum atomic E-state index is 0.564. The summed E-state index contributed by atoms with van der Waals surface area (Å²) in [6.45, 7) is 0.790. The molecule has 1 aliphatic rings. The summed E-state index contributed by atoms with van der Waals surface area (Å²) in [7, 11) is 0. The lowest BCUT2D eigenvalue weighted by molar-refractivity contribution is 0.774. The Morgan fingerprint density at radius 2 is 2.38 bits per heavy atom. The molecule has 1 heterocycles. The number of alkyl halides is 1. The topological polar surface area (TPSA) is 39.9 Å². The largest absolute Gasteiger partial charge is 0.352 e. The molecule has 1 fully saturated rings. The SMILES string of the molecule is N#CCCN(c1ncccc1CBr)C1CC1. The number of hydrogen-bond donors (Lipinski definition) is 0. The molecule has 0 unspecified atom stereocenters. The Labute approximate surface area is 104 Å². The first-order valence-electron chi connectivity index (χ1n) is 5.50. The molecule has 0 saturated heterocycles. The lowest BCUT2D eigenvalue weighted by Crippen LogP contribution is -2.28. The van der Waals surface area contributed by atoms with Crippen molar-refractivity contribution in [1.29, 1.82) is 5.26 Å². The monoisotopic (exact) mass is 279 g/mol. The number of halogens is 1. The summed E-state index contributed by atoms with van der Waals surface area (Å²) < 4.78 is 0. The maximum absolute atomic E-state index is 8.68. The normalized spacial score (nSPS) is 14.5. The van der Waals surface area contributed by atoms with Gasteiger partial charge < -0.3 is 4.90 Å². The van der Waals surface area contributed by atoms with Crippen LogP contribution in [0.4, 0.5) is 5.82 Å². The van der Waals surface area contributed by atoms with Gasteiger partial charge in [-0.2, -0.15) is 5.26 Å². The van der Waals surface area contributed by atoms with Crippen LogP contribution in [0.25, 0.3) is 0 Å². The minimum Gasteiger partial charge on any atom is -0.352 e. The predicted octanol–water partition coefficient (Wildman–Crippen LogP) is 2.86. The van der Waals surface area contributed by atoms with E-state index in [1.54, 1.807) is 0 Å². The fraction of sp³-hybridized carbons (Fsp3) is 0.500. The first kappa shape index (κ1) is 11.4. The molecule has 2 rings (SSSR count).